The van der Waals surface area contributed by atoms with E-state index in [9.17, 15) is 8.42 Å². The average Bonchev–Trinajstić information content (AvgIpc) is 2.67. The molecule has 20 heavy (non-hydrogen) atoms. The van der Waals surface area contributed by atoms with E-state index >= 15 is 0 Å². The van der Waals surface area contributed by atoms with E-state index < -0.39 is 9.84 Å². The van der Waals surface area contributed by atoms with Gasteiger partial charge >= 0.3 is 0 Å². The number of hydrogen-bond acceptors (Lipinski definition) is 3. The molecular formula is C14H20N2O2S2. The first-order valence-corrected chi connectivity index (χ1v) is 8.82. The highest BCUT2D eigenvalue weighted by Crippen LogP contribution is 2.19. The fourth-order valence-electron chi connectivity index (χ4n) is 2.51. The van der Waals surface area contributed by atoms with Crippen molar-refractivity contribution in [2.24, 2.45) is 0 Å². The highest BCUT2D eigenvalue weighted by Gasteiger charge is 2.31. The van der Waals surface area contributed by atoms with Crippen molar-refractivity contribution in [3.05, 3.63) is 29.3 Å². The van der Waals surface area contributed by atoms with Gasteiger partial charge in [0.2, 0.25) is 0 Å². The molecule has 0 aliphatic carbocycles. The maximum Gasteiger partial charge on any atom is 0.173 e. The highest BCUT2D eigenvalue weighted by molar-refractivity contribution is 7.91. The SMILES string of the molecule is Cc1cc(C)cc(NC(=S)N(C)[C@H]2CCS(=O)(=O)C2)c1. The number of aryl methyl sites for hydroxylation is 2. The third-order valence-electron chi connectivity index (χ3n) is 3.55. The Kier molecular flexibility index (Phi) is 4.34. The van der Waals surface area contributed by atoms with E-state index in [2.05, 4.69) is 11.4 Å². The Balaban J connectivity index is 2.04. The van der Waals surface area contributed by atoms with Gasteiger partial charge in [0.05, 0.1) is 11.5 Å². The molecule has 0 amide bonds. The molecule has 1 aromatic carbocycles. The first-order chi connectivity index (χ1) is 9.27. The van der Waals surface area contributed by atoms with Crippen LogP contribution in [0.2, 0.25) is 0 Å². The molecule has 1 aromatic rings. The van der Waals surface area contributed by atoms with Gasteiger partial charge in [0.25, 0.3) is 0 Å². The molecule has 1 atom stereocenters. The Morgan fingerprint density at radius 3 is 2.40 bits per heavy atom. The first-order valence-electron chi connectivity index (χ1n) is 6.59. The normalized spacial score (nSPS) is 20.6. The molecule has 4 nitrogen and oxygen atoms in total. The Morgan fingerprint density at radius 1 is 1.30 bits per heavy atom. The van der Waals surface area contributed by atoms with Gasteiger partial charge in [-0.1, -0.05) is 6.07 Å². The summed E-state index contributed by atoms with van der Waals surface area (Å²) < 4.78 is 23.1. The molecular weight excluding hydrogens is 292 g/mol. The van der Waals surface area contributed by atoms with Crippen LogP contribution in [0.25, 0.3) is 0 Å². The summed E-state index contributed by atoms with van der Waals surface area (Å²) >= 11 is 5.38. The van der Waals surface area contributed by atoms with Crippen molar-refractivity contribution in [1.29, 1.82) is 0 Å². The Bertz CT molecular complexity index is 606. The zero-order chi connectivity index (χ0) is 14.9. The molecule has 0 bridgehead atoms. The largest absolute Gasteiger partial charge is 0.348 e. The second-order valence-electron chi connectivity index (χ2n) is 5.47. The molecule has 1 saturated heterocycles. The molecule has 0 saturated carbocycles. The van der Waals surface area contributed by atoms with Gasteiger partial charge in [0.15, 0.2) is 14.9 Å². The van der Waals surface area contributed by atoms with Crippen molar-refractivity contribution in [2.75, 3.05) is 23.9 Å². The summed E-state index contributed by atoms with van der Waals surface area (Å²) in [6, 6.07) is 6.13. The molecule has 1 fully saturated rings. The second-order valence-corrected chi connectivity index (χ2v) is 8.09. The van der Waals surface area contributed by atoms with E-state index in [4.69, 9.17) is 12.2 Å². The molecule has 0 unspecified atom stereocenters. The topological polar surface area (TPSA) is 49.4 Å². The van der Waals surface area contributed by atoms with E-state index in [1.807, 2.05) is 37.9 Å². The fraction of sp³-hybridized carbons (Fsp3) is 0.500. The van der Waals surface area contributed by atoms with E-state index in [-0.39, 0.29) is 17.5 Å². The minimum Gasteiger partial charge on any atom is -0.348 e. The van der Waals surface area contributed by atoms with Gasteiger partial charge in [0, 0.05) is 18.8 Å². The lowest BCUT2D eigenvalue weighted by molar-refractivity contribution is 0.402. The second kappa shape index (κ2) is 5.69. The lowest BCUT2D eigenvalue weighted by Gasteiger charge is -2.26. The fourth-order valence-corrected chi connectivity index (χ4v) is 4.55. The molecule has 1 N–H and O–H groups in total. The van der Waals surface area contributed by atoms with Gasteiger partial charge in [-0.05, 0) is 55.7 Å². The Labute approximate surface area is 126 Å². The summed E-state index contributed by atoms with van der Waals surface area (Å²) in [5.74, 6) is 0.451. The van der Waals surface area contributed by atoms with Crippen LogP contribution in [0.1, 0.15) is 17.5 Å². The van der Waals surface area contributed by atoms with Crippen LogP contribution in [0, 0.1) is 13.8 Å². The van der Waals surface area contributed by atoms with E-state index in [1.165, 1.54) is 11.1 Å². The maximum absolute atomic E-state index is 11.5. The minimum absolute atomic E-state index is 0.0223. The number of hydrogen-bond donors (Lipinski definition) is 1. The zero-order valence-corrected chi connectivity index (χ0v) is 13.6. The van der Waals surface area contributed by atoms with Crippen LogP contribution in [0.5, 0.6) is 0 Å². The summed E-state index contributed by atoms with van der Waals surface area (Å²) in [7, 11) is -1.04. The predicted molar refractivity (Wildman–Crippen MR) is 87.0 cm³/mol. The van der Waals surface area contributed by atoms with Crippen molar-refractivity contribution in [1.82, 2.24) is 4.90 Å². The smallest absolute Gasteiger partial charge is 0.173 e. The first kappa shape index (κ1) is 15.3. The zero-order valence-electron chi connectivity index (χ0n) is 12.0. The van der Waals surface area contributed by atoms with Crippen LogP contribution in [0.15, 0.2) is 18.2 Å². The van der Waals surface area contributed by atoms with Crippen LogP contribution in [0.3, 0.4) is 0 Å². The summed E-state index contributed by atoms with van der Waals surface area (Å²) in [5.41, 5.74) is 3.28. The summed E-state index contributed by atoms with van der Waals surface area (Å²) in [4.78, 5) is 1.86. The van der Waals surface area contributed by atoms with Crippen molar-refractivity contribution in [3.63, 3.8) is 0 Å². The molecule has 0 spiro atoms. The number of sulfone groups is 1. The van der Waals surface area contributed by atoms with Crippen LogP contribution >= 0.6 is 12.2 Å². The summed E-state index contributed by atoms with van der Waals surface area (Å²) in [6.07, 6.45) is 0.646. The van der Waals surface area contributed by atoms with E-state index in [0.717, 1.165) is 5.69 Å². The lowest BCUT2D eigenvalue weighted by atomic mass is 10.1. The van der Waals surface area contributed by atoms with E-state index in [1.54, 1.807) is 0 Å². The third kappa shape index (κ3) is 3.70. The van der Waals surface area contributed by atoms with Crippen molar-refractivity contribution >= 4 is 32.9 Å². The molecule has 2 rings (SSSR count). The molecule has 1 heterocycles. The number of thiocarbonyl (C=S) groups is 1. The van der Waals surface area contributed by atoms with E-state index in [0.29, 0.717) is 11.5 Å². The molecule has 110 valence electrons. The van der Waals surface area contributed by atoms with Gasteiger partial charge in [-0.2, -0.15) is 0 Å². The standard InChI is InChI=1S/C14H20N2O2S2/c1-10-6-11(2)8-12(7-10)15-14(19)16(3)13-4-5-20(17,18)9-13/h6-8,13H,4-5,9H2,1-3H3,(H,15,19)/t13-/m0/s1. The average molecular weight is 312 g/mol. The van der Waals surface area contributed by atoms with Gasteiger partial charge in [-0.15, -0.1) is 0 Å². The molecule has 6 heteroatoms. The van der Waals surface area contributed by atoms with Crippen molar-refractivity contribution in [2.45, 2.75) is 26.3 Å². The summed E-state index contributed by atoms with van der Waals surface area (Å²) in [5, 5.41) is 3.76. The highest BCUT2D eigenvalue weighted by atomic mass is 32.2. The monoisotopic (exact) mass is 312 g/mol. The van der Waals surface area contributed by atoms with Gasteiger partial charge in [0.1, 0.15) is 0 Å². The van der Waals surface area contributed by atoms with Crippen molar-refractivity contribution < 1.29 is 8.42 Å². The summed E-state index contributed by atoms with van der Waals surface area (Å²) in [6.45, 7) is 4.07. The number of rotatable bonds is 2. The van der Waals surface area contributed by atoms with Crippen LogP contribution in [-0.2, 0) is 9.84 Å². The Morgan fingerprint density at radius 2 is 1.90 bits per heavy atom. The predicted octanol–water partition coefficient (Wildman–Crippen LogP) is 2.12. The maximum atomic E-state index is 11.5. The number of nitrogens with one attached hydrogen (secondary N) is 1. The van der Waals surface area contributed by atoms with Gasteiger partial charge < -0.3 is 10.2 Å². The van der Waals surface area contributed by atoms with Gasteiger partial charge in [-0.25, -0.2) is 8.42 Å². The molecule has 0 radical (unpaired) electrons. The van der Waals surface area contributed by atoms with Crippen LogP contribution < -0.4 is 5.32 Å². The number of benzene rings is 1. The molecule has 1 aliphatic heterocycles. The quantitative estimate of drug-likeness (QED) is 0.848. The third-order valence-corrected chi connectivity index (χ3v) is 5.69. The number of nitrogens with zero attached hydrogens (tertiary/aromatic N) is 1. The van der Waals surface area contributed by atoms with Crippen LogP contribution in [0.4, 0.5) is 5.69 Å². The Hall–Kier alpha value is -1.14. The minimum atomic E-state index is -2.89. The van der Waals surface area contributed by atoms with Crippen LogP contribution in [-0.4, -0.2) is 43.0 Å². The molecule has 0 aromatic heterocycles. The molecule has 1 aliphatic rings. The van der Waals surface area contributed by atoms with Gasteiger partial charge in [-0.3, -0.25) is 0 Å². The van der Waals surface area contributed by atoms with Crippen molar-refractivity contribution in [3.8, 4) is 0 Å². The lowest BCUT2D eigenvalue weighted by Crippen LogP contribution is -2.40. The number of anilines is 1.